The van der Waals surface area contributed by atoms with E-state index in [4.69, 9.17) is 22.1 Å². The summed E-state index contributed by atoms with van der Waals surface area (Å²) in [5.41, 5.74) is 6.20. The van der Waals surface area contributed by atoms with E-state index >= 15 is 0 Å². The number of amidine groups is 1. The number of aromatic nitrogens is 1. The fourth-order valence-corrected chi connectivity index (χ4v) is 5.98. The number of ether oxygens (including phenoxy) is 1. The number of nitrogens with zero attached hydrogens (tertiary/aromatic N) is 3. The molecular weight excluding hydrogens is 511 g/mol. The van der Waals surface area contributed by atoms with Crippen molar-refractivity contribution in [3.8, 4) is 0 Å². The summed E-state index contributed by atoms with van der Waals surface area (Å²) in [6, 6.07) is 2.14. The quantitative estimate of drug-likeness (QED) is 0.445. The molecule has 13 heteroatoms. The zero-order valence-electron chi connectivity index (χ0n) is 19.0. The van der Waals surface area contributed by atoms with Crippen LogP contribution in [0.2, 0.25) is 5.02 Å². The van der Waals surface area contributed by atoms with Crippen molar-refractivity contribution < 1.29 is 23.8 Å². The Morgan fingerprint density at radius 1 is 1.33 bits per heavy atom. The van der Waals surface area contributed by atoms with Gasteiger partial charge in [0.25, 0.3) is 0 Å². The fourth-order valence-electron chi connectivity index (χ4n) is 5.12. The molecule has 36 heavy (non-hydrogen) atoms. The number of hydrogen-bond donors (Lipinski definition) is 4. The highest BCUT2D eigenvalue weighted by molar-refractivity contribution is 7.11. The number of aliphatic imine (C=N–C) groups is 1. The van der Waals surface area contributed by atoms with Gasteiger partial charge in [0.15, 0.2) is 10.8 Å². The number of carboxylic acid groups (broad SMARTS) is 1. The van der Waals surface area contributed by atoms with E-state index in [-0.39, 0.29) is 35.3 Å². The molecule has 3 aliphatic heterocycles. The number of rotatable bonds is 6. The van der Waals surface area contributed by atoms with Crippen LogP contribution in [-0.2, 0) is 9.53 Å². The molecule has 10 nitrogen and oxygen atoms in total. The molecular formula is C23H24ClFN6O4S. The van der Waals surface area contributed by atoms with Crippen molar-refractivity contribution in [1.82, 2.24) is 20.5 Å². The highest BCUT2D eigenvalue weighted by Crippen LogP contribution is 2.37. The zero-order valence-corrected chi connectivity index (χ0v) is 20.6. The summed E-state index contributed by atoms with van der Waals surface area (Å²) in [5.74, 6) is -1.26. The lowest BCUT2D eigenvalue weighted by atomic mass is 9.89. The molecule has 0 spiro atoms. The van der Waals surface area contributed by atoms with Gasteiger partial charge in [0.05, 0.1) is 18.8 Å². The standard InChI is InChI=1S/C23H24ClFN6O4S/c24-16-5-11(25)1-2-15(16)19-18(22(32)33)17(29-20(30-19)21-27-3-4-36-21)8-31-13-6-12(28-23(26)34)7-14(31)10-35-9-13/h1-5,12-14,19H,6-10H2,(H,29,30)(H,32,33)(H3,26,28,34)/t12-,13+,14-,19-/m0/s1. The van der Waals surface area contributed by atoms with Gasteiger partial charge in [-0.25, -0.2) is 19.0 Å². The molecule has 190 valence electrons. The van der Waals surface area contributed by atoms with Gasteiger partial charge in [-0.3, -0.25) is 9.89 Å². The Morgan fingerprint density at radius 2 is 2.08 bits per heavy atom. The van der Waals surface area contributed by atoms with Crippen LogP contribution in [-0.4, -0.2) is 70.7 Å². The first-order valence-electron chi connectivity index (χ1n) is 11.4. The van der Waals surface area contributed by atoms with E-state index < -0.39 is 23.9 Å². The van der Waals surface area contributed by atoms with Crippen LogP contribution >= 0.6 is 22.9 Å². The third kappa shape index (κ3) is 4.94. The Balaban J connectivity index is 1.53. The van der Waals surface area contributed by atoms with Gasteiger partial charge in [-0.15, -0.1) is 11.3 Å². The number of carboxylic acids is 1. The number of nitrogens with two attached hydrogens (primary N) is 1. The molecule has 2 aromatic rings. The van der Waals surface area contributed by atoms with Gasteiger partial charge in [-0.1, -0.05) is 17.7 Å². The van der Waals surface area contributed by atoms with Crippen LogP contribution in [0.4, 0.5) is 9.18 Å². The molecule has 3 aliphatic rings. The summed E-state index contributed by atoms with van der Waals surface area (Å²) in [4.78, 5) is 35.2. The Bertz CT molecular complexity index is 1230. The predicted molar refractivity (Wildman–Crippen MR) is 131 cm³/mol. The summed E-state index contributed by atoms with van der Waals surface area (Å²) < 4.78 is 19.5. The number of carbonyl (C=O) groups excluding carboxylic acids is 1. The number of aliphatic carboxylic acids is 1. The highest BCUT2D eigenvalue weighted by Gasteiger charge is 2.41. The van der Waals surface area contributed by atoms with Crippen molar-refractivity contribution in [3.05, 3.63) is 62.5 Å². The first-order chi connectivity index (χ1) is 17.3. The number of nitrogens with one attached hydrogen (secondary N) is 2. The van der Waals surface area contributed by atoms with Crippen LogP contribution in [0.5, 0.6) is 0 Å². The Kier molecular flexibility index (Phi) is 6.93. The van der Waals surface area contributed by atoms with Crippen molar-refractivity contribution in [2.45, 2.75) is 37.0 Å². The topological polar surface area (TPSA) is 142 Å². The molecule has 0 unspecified atom stereocenters. The Labute approximate surface area is 215 Å². The van der Waals surface area contributed by atoms with E-state index in [9.17, 15) is 19.1 Å². The molecule has 1 aromatic heterocycles. The zero-order chi connectivity index (χ0) is 25.4. The predicted octanol–water partition coefficient (Wildman–Crippen LogP) is 2.27. The maximum Gasteiger partial charge on any atom is 0.335 e. The van der Waals surface area contributed by atoms with Crippen molar-refractivity contribution >= 4 is 40.8 Å². The molecule has 5 rings (SSSR count). The number of piperidine rings is 1. The molecule has 2 bridgehead atoms. The largest absolute Gasteiger partial charge is 0.478 e. The summed E-state index contributed by atoms with van der Waals surface area (Å²) >= 11 is 7.71. The second kappa shape index (κ2) is 10.1. The molecule has 0 radical (unpaired) electrons. The number of amides is 2. The van der Waals surface area contributed by atoms with Gasteiger partial charge in [0.2, 0.25) is 0 Å². The summed E-state index contributed by atoms with van der Waals surface area (Å²) in [5, 5.41) is 18.7. The number of carbonyl (C=O) groups is 2. The third-order valence-electron chi connectivity index (χ3n) is 6.61. The molecule has 4 heterocycles. The number of morpholine rings is 1. The Morgan fingerprint density at radius 3 is 2.69 bits per heavy atom. The van der Waals surface area contributed by atoms with Crippen molar-refractivity contribution in [3.63, 3.8) is 0 Å². The maximum atomic E-state index is 13.8. The van der Waals surface area contributed by atoms with Crippen LogP contribution in [0.25, 0.3) is 0 Å². The molecule has 5 N–H and O–H groups in total. The van der Waals surface area contributed by atoms with Crippen molar-refractivity contribution in [2.75, 3.05) is 19.8 Å². The van der Waals surface area contributed by atoms with Gasteiger partial charge >= 0.3 is 12.0 Å². The molecule has 2 fully saturated rings. The molecule has 2 saturated heterocycles. The monoisotopic (exact) mass is 534 g/mol. The van der Waals surface area contributed by atoms with Gasteiger partial charge in [-0.2, -0.15) is 0 Å². The lowest BCUT2D eigenvalue weighted by Gasteiger charge is -2.49. The van der Waals surface area contributed by atoms with Gasteiger partial charge in [0, 0.05) is 52.5 Å². The average molecular weight is 535 g/mol. The van der Waals surface area contributed by atoms with Gasteiger partial charge in [-0.05, 0) is 25.0 Å². The smallest absolute Gasteiger partial charge is 0.335 e. The van der Waals surface area contributed by atoms with E-state index in [0.717, 1.165) is 6.07 Å². The van der Waals surface area contributed by atoms with E-state index in [0.29, 0.717) is 48.2 Å². The van der Waals surface area contributed by atoms with Crippen LogP contribution < -0.4 is 16.4 Å². The lowest BCUT2D eigenvalue weighted by molar-refractivity contribution is -0.133. The van der Waals surface area contributed by atoms with Crippen LogP contribution in [0.1, 0.15) is 29.5 Å². The first-order valence-corrected chi connectivity index (χ1v) is 12.6. The van der Waals surface area contributed by atoms with E-state index in [2.05, 4.69) is 25.5 Å². The SMILES string of the molecule is NC(=O)N[C@@H]1C[C@H]2COC[C@@H](C1)N2CC1=C(C(=O)O)[C@H](c2ccc(F)cc2Cl)N=C(c2nccs2)N1. The number of thiazole rings is 1. The fraction of sp³-hybridized carbons (Fsp3) is 0.391. The molecule has 1 aromatic carbocycles. The van der Waals surface area contributed by atoms with Crippen LogP contribution in [0.3, 0.4) is 0 Å². The maximum absolute atomic E-state index is 13.8. The van der Waals surface area contributed by atoms with Crippen molar-refractivity contribution in [1.29, 1.82) is 0 Å². The first kappa shape index (κ1) is 24.6. The average Bonchev–Trinajstić information content (AvgIpc) is 3.33. The second-order valence-corrected chi connectivity index (χ2v) is 10.2. The number of benzene rings is 1. The third-order valence-corrected chi connectivity index (χ3v) is 7.71. The number of halogens is 2. The minimum Gasteiger partial charge on any atom is -0.478 e. The van der Waals surface area contributed by atoms with Crippen LogP contribution in [0.15, 0.2) is 46.0 Å². The molecule has 2 amide bonds. The van der Waals surface area contributed by atoms with E-state index in [1.165, 1.54) is 23.5 Å². The Hall–Kier alpha value is -3.06. The minimum absolute atomic E-state index is 0.0280. The molecule has 0 aliphatic carbocycles. The normalized spacial score (nSPS) is 26.2. The number of fused-ring (bicyclic) bond motifs is 2. The number of urea groups is 1. The van der Waals surface area contributed by atoms with Gasteiger partial charge in [0.1, 0.15) is 11.9 Å². The van der Waals surface area contributed by atoms with Crippen LogP contribution in [0, 0.1) is 5.82 Å². The van der Waals surface area contributed by atoms with E-state index in [1.807, 2.05) is 0 Å². The van der Waals surface area contributed by atoms with Crippen molar-refractivity contribution in [2.24, 2.45) is 10.7 Å². The summed E-state index contributed by atoms with van der Waals surface area (Å²) in [6.45, 7) is 1.18. The lowest BCUT2D eigenvalue weighted by Crippen LogP contribution is -2.62. The summed E-state index contributed by atoms with van der Waals surface area (Å²) in [7, 11) is 0. The molecule has 0 saturated carbocycles. The summed E-state index contributed by atoms with van der Waals surface area (Å²) in [6.07, 6.45) is 2.88. The number of hydrogen-bond acceptors (Lipinski definition) is 8. The second-order valence-electron chi connectivity index (χ2n) is 8.90. The highest BCUT2D eigenvalue weighted by atomic mass is 35.5. The number of primary amides is 1. The minimum atomic E-state index is -1.16. The van der Waals surface area contributed by atoms with Gasteiger partial charge < -0.3 is 26.2 Å². The van der Waals surface area contributed by atoms with E-state index in [1.54, 1.807) is 11.6 Å². The molecule has 4 atom stereocenters.